The fourth-order valence-corrected chi connectivity index (χ4v) is 2.73. The normalized spacial score (nSPS) is 12.4. The Hall–Kier alpha value is -1.22. The summed E-state index contributed by atoms with van der Waals surface area (Å²) in [6, 6.07) is 2.65. The van der Waals surface area contributed by atoms with Crippen molar-refractivity contribution in [3.8, 4) is 0 Å². The summed E-state index contributed by atoms with van der Waals surface area (Å²) < 4.78 is 44.1. The average Bonchev–Trinajstić information content (AvgIpc) is 2.36. The minimum atomic E-state index is -3.93. The zero-order valence-corrected chi connectivity index (χ0v) is 13.3. The summed E-state index contributed by atoms with van der Waals surface area (Å²) in [7, 11) is -2.84. The van der Waals surface area contributed by atoms with Crippen molar-refractivity contribution in [3.63, 3.8) is 0 Å². The molecule has 1 aromatic carbocycles. The molecule has 0 fully saturated rings. The van der Waals surface area contributed by atoms with Crippen LogP contribution in [0.15, 0.2) is 23.1 Å². The van der Waals surface area contributed by atoms with Crippen molar-refractivity contribution in [2.24, 2.45) is 5.73 Å². The minimum Gasteiger partial charge on any atom is -0.465 e. The van der Waals surface area contributed by atoms with Gasteiger partial charge in [-0.3, -0.25) is 0 Å². The molecule has 3 N–H and O–H groups in total. The number of carbonyl (C=O) groups is 1. The van der Waals surface area contributed by atoms with Crippen molar-refractivity contribution >= 4 is 28.4 Å². The van der Waals surface area contributed by atoms with Gasteiger partial charge in [-0.2, -0.15) is 0 Å². The summed E-state index contributed by atoms with van der Waals surface area (Å²) in [6.45, 7) is 1.87. The fraction of sp³-hybridized carbons (Fsp3) is 0.417. The summed E-state index contributed by atoms with van der Waals surface area (Å²) >= 11 is 0. The van der Waals surface area contributed by atoms with Crippen LogP contribution in [0.3, 0.4) is 0 Å². The Balaban J connectivity index is 0.00000400. The Morgan fingerprint density at radius 3 is 2.62 bits per heavy atom. The molecule has 1 unspecified atom stereocenters. The zero-order chi connectivity index (χ0) is 15.3. The van der Waals surface area contributed by atoms with Crippen LogP contribution in [0.1, 0.15) is 23.7 Å². The van der Waals surface area contributed by atoms with Crippen LogP contribution in [-0.4, -0.2) is 34.1 Å². The quantitative estimate of drug-likeness (QED) is 0.754. The summed E-state index contributed by atoms with van der Waals surface area (Å²) in [5.41, 5.74) is 5.17. The molecule has 21 heavy (non-hydrogen) atoms. The maximum Gasteiger partial charge on any atom is 0.339 e. The highest BCUT2D eigenvalue weighted by molar-refractivity contribution is 7.89. The van der Waals surface area contributed by atoms with Gasteiger partial charge < -0.3 is 10.5 Å². The number of hydrogen-bond acceptors (Lipinski definition) is 5. The van der Waals surface area contributed by atoms with Gasteiger partial charge in [-0.05, 0) is 31.5 Å². The second-order valence-corrected chi connectivity index (χ2v) is 6.03. The Bertz CT molecular complexity index is 593. The molecular weight excluding hydrogens is 323 g/mol. The van der Waals surface area contributed by atoms with Crippen LogP contribution in [-0.2, 0) is 14.8 Å². The number of benzene rings is 1. The molecule has 1 rings (SSSR count). The molecule has 0 bridgehead atoms. The number of halogens is 2. The van der Waals surface area contributed by atoms with E-state index in [1.165, 1.54) is 0 Å². The lowest BCUT2D eigenvalue weighted by atomic mass is 10.2. The van der Waals surface area contributed by atoms with E-state index >= 15 is 0 Å². The maximum atomic E-state index is 13.2. The molecule has 1 aromatic rings. The molecule has 6 nitrogen and oxygen atoms in total. The van der Waals surface area contributed by atoms with Crippen LogP contribution in [0.5, 0.6) is 0 Å². The molecule has 0 aliphatic carbocycles. The van der Waals surface area contributed by atoms with Crippen molar-refractivity contribution < 1.29 is 22.3 Å². The van der Waals surface area contributed by atoms with E-state index in [0.29, 0.717) is 6.42 Å². The lowest BCUT2D eigenvalue weighted by molar-refractivity contribution is 0.0595. The second-order valence-electron chi connectivity index (χ2n) is 4.30. The number of nitrogens with two attached hydrogens (primary N) is 1. The Labute approximate surface area is 129 Å². The number of sulfonamides is 1. The van der Waals surface area contributed by atoms with E-state index in [9.17, 15) is 17.6 Å². The van der Waals surface area contributed by atoms with Crippen LogP contribution in [0.25, 0.3) is 0 Å². The predicted octanol–water partition coefficient (Wildman–Crippen LogP) is 1.05. The first-order valence-corrected chi connectivity index (χ1v) is 7.39. The molecule has 0 amide bonds. The maximum absolute atomic E-state index is 13.2. The van der Waals surface area contributed by atoms with Crippen LogP contribution in [0.2, 0.25) is 0 Å². The Morgan fingerprint density at radius 1 is 1.48 bits per heavy atom. The summed E-state index contributed by atoms with van der Waals surface area (Å²) in [5, 5.41) is 0. The summed E-state index contributed by atoms with van der Waals surface area (Å²) in [6.07, 6.45) is 0.438. The van der Waals surface area contributed by atoms with E-state index in [4.69, 9.17) is 5.73 Å². The number of hydrogen-bond donors (Lipinski definition) is 2. The average molecular weight is 341 g/mol. The number of carbonyl (C=O) groups excluding carboxylic acids is 1. The molecule has 0 saturated heterocycles. The number of nitrogens with one attached hydrogen (secondary N) is 1. The third kappa shape index (κ3) is 5.58. The van der Waals surface area contributed by atoms with E-state index < -0.39 is 21.8 Å². The van der Waals surface area contributed by atoms with Gasteiger partial charge in [0.05, 0.1) is 17.6 Å². The highest BCUT2D eigenvalue weighted by Crippen LogP contribution is 2.18. The van der Waals surface area contributed by atoms with Gasteiger partial charge in [-0.25, -0.2) is 22.3 Å². The number of rotatable bonds is 6. The summed E-state index contributed by atoms with van der Waals surface area (Å²) in [5.74, 6) is -1.64. The largest absolute Gasteiger partial charge is 0.465 e. The molecule has 9 heteroatoms. The van der Waals surface area contributed by atoms with Gasteiger partial charge in [-0.1, -0.05) is 0 Å². The van der Waals surface area contributed by atoms with Gasteiger partial charge in [0.15, 0.2) is 0 Å². The highest BCUT2D eigenvalue weighted by atomic mass is 35.5. The number of ether oxygens (including phenoxy) is 1. The second kappa shape index (κ2) is 8.28. The molecule has 0 saturated carbocycles. The molecule has 0 radical (unpaired) electrons. The van der Waals surface area contributed by atoms with Crippen molar-refractivity contribution in [2.45, 2.75) is 24.3 Å². The van der Waals surface area contributed by atoms with Crippen molar-refractivity contribution in [1.29, 1.82) is 0 Å². The van der Waals surface area contributed by atoms with Gasteiger partial charge in [0.2, 0.25) is 10.0 Å². The van der Waals surface area contributed by atoms with Gasteiger partial charge in [-0.15, -0.1) is 12.4 Å². The zero-order valence-electron chi connectivity index (χ0n) is 11.6. The van der Waals surface area contributed by atoms with Crippen molar-refractivity contribution in [1.82, 2.24) is 4.72 Å². The highest BCUT2D eigenvalue weighted by Gasteiger charge is 2.23. The van der Waals surface area contributed by atoms with E-state index in [1.807, 2.05) is 0 Å². The predicted molar refractivity (Wildman–Crippen MR) is 78.4 cm³/mol. The van der Waals surface area contributed by atoms with E-state index in [-0.39, 0.29) is 35.5 Å². The first-order chi connectivity index (χ1) is 9.27. The van der Waals surface area contributed by atoms with Crippen molar-refractivity contribution in [2.75, 3.05) is 13.7 Å². The van der Waals surface area contributed by atoms with Crippen LogP contribution in [0.4, 0.5) is 4.39 Å². The first-order valence-electron chi connectivity index (χ1n) is 5.91. The molecule has 0 aliphatic heterocycles. The molecule has 0 aromatic heterocycles. The van der Waals surface area contributed by atoms with Gasteiger partial charge in [0.25, 0.3) is 0 Å². The van der Waals surface area contributed by atoms with Gasteiger partial charge in [0.1, 0.15) is 5.82 Å². The van der Waals surface area contributed by atoms with E-state index in [0.717, 1.165) is 25.3 Å². The monoisotopic (exact) mass is 340 g/mol. The molecule has 0 spiro atoms. The topological polar surface area (TPSA) is 98.5 Å². The third-order valence-corrected chi connectivity index (χ3v) is 4.05. The van der Waals surface area contributed by atoms with Crippen LogP contribution in [0, 0.1) is 5.82 Å². The number of methoxy groups -OCH3 is 1. The van der Waals surface area contributed by atoms with Crippen molar-refractivity contribution in [3.05, 3.63) is 29.6 Å². The molecule has 0 aliphatic rings. The molecule has 0 heterocycles. The standard InChI is InChI=1S/C12H17FN2O4S.ClH/c1-8(14)5-6-15-20(17,18)11-4-3-9(13)7-10(11)12(16)19-2;/h3-4,7-8,15H,5-6,14H2,1-2H3;1H. The third-order valence-electron chi connectivity index (χ3n) is 2.53. The SMILES string of the molecule is COC(=O)c1cc(F)ccc1S(=O)(=O)NCCC(C)N.Cl. The van der Waals surface area contributed by atoms with E-state index in [1.54, 1.807) is 6.92 Å². The smallest absolute Gasteiger partial charge is 0.339 e. The molecule has 120 valence electrons. The van der Waals surface area contributed by atoms with Gasteiger partial charge in [0, 0.05) is 12.6 Å². The lowest BCUT2D eigenvalue weighted by Crippen LogP contribution is -2.30. The summed E-state index contributed by atoms with van der Waals surface area (Å²) in [4.78, 5) is 11.2. The first kappa shape index (κ1) is 19.8. The number of esters is 1. The van der Waals surface area contributed by atoms with E-state index in [2.05, 4.69) is 9.46 Å². The lowest BCUT2D eigenvalue weighted by Gasteiger charge is -2.11. The minimum absolute atomic E-state index is 0. The fourth-order valence-electron chi connectivity index (χ4n) is 1.50. The van der Waals surface area contributed by atoms with Crippen LogP contribution >= 0.6 is 12.4 Å². The van der Waals surface area contributed by atoms with Gasteiger partial charge >= 0.3 is 5.97 Å². The Morgan fingerprint density at radius 2 is 2.10 bits per heavy atom. The molecule has 1 atom stereocenters. The Kier molecular flexibility index (Phi) is 7.80. The molecular formula is C12H18ClFN2O4S. The van der Waals surface area contributed by atoms with Crippen LogP contribution < -0.4 is 10.5 Å².